The van der Waals surface area contributed by atoms with Crippen LogP contribution in [0.25, 0.3) is 0 Å². The predicted molar refractivity (Wildman–Crippen MR) is 54.2 cm³/mol. The standard InChI is InChI=1S/C11H23N/c1-6-11(4,5)10-9(7-12-10)8(2)3/h8-10,12H,6-7H2,1-5H3. The molecule has 0 bridgehead atoms. The van der Waals surface area contributed by atoms with E-state index in [9.17, 15) is 0 Å². The van der Waals surface area contributed by atoms with Crippen LogP contribution in [-0.2, 0) is 0 Å². The lowest BCUT2D eigenvalue weighted by atomic mass is 9.68. The average Bonchev–Trinajstić information content (AvgIpc) is 1.82. The van der Waals surface area contributed by atoms with Crippen LogP contribution in [0.1, 0.15) is 41.0 Å². The summed E-state index contributed by atoms with van der Waals surface area (Å²) < 4.78 is 0. The van der Waals surface area contributed by atoms with E-state index in [-0.39, 0.29) is 0 Å². The SMILES string of the molecule is CCC(C)(C)C1NCC1C(C)C. The highest BCUT2D eigenvalue weighted by molar-refractivity contribution is 4.97. The molecule has 0 aromatic carbocycles. The smallest absolute Gasteiger partial charge is 0.0161 e. The highest BCUT2D eigenvalue weighted by Gasteiger charge is 2.41. The third kappa shape index (κ3) is 1.66. The molecule has 2 atom stereocenters. The van der Waals surface area contributed by atoms with Gasteiger partial charge in [-0.25, -0.2) is 0 Å². The Kier molecular flexibility index (Phi) is 2.82. The Morgan fingerprint density at radius 2 is 2.00 bits per heavy atom. The van der Waals surface area contributed by atoms with Gasteiger partial charge in [-0.15, -0.1) is 0 Å². The number of hydrogen-bond donors (Lipinski definition) is 1. The molecule has 0 aromatic rings. The summed E-state index contributed by atoms with van der Waals surface area (Å²) in [6.07, 6.45) is 1.27. The molecule has 0 radical (unpaired) electrons. The molecular weight excluding hydrogens is 146 g/mol. The van der Waals surface area contributed by atoms with Gasteiger partial charge in [0.2, 0.25) is 0 Å². The molecule has 1 rings (SSSR count). The lowest BCUT2D eigenvalue weighted by molar-refractivity contribution is 0.0625. The minimum Gasteiger partial charge on any atom is -0.313 e. The molecule has 1 nitrogen and oxygen atoms in total. The van der Waals surface area contributed by atoms with E-state index in [1.54, 1.807) is 0 Å². The maximum Gasteiger partial charge on any atom is 0.0161 e. The zero-order valence-electron chi connectivity index (χ0n) is 9.15. The van der Waals surface area contributed by atoms with Crippen molar-refractivity contribution in [2.45, 2.75) is 47.1 Å². The maximum atomic E-state index is 3.57. The monoisotopic (exact) mass is 169 g/mol. The van der Waals surface area contributed by atoms with Crippen LogP contribution in [0.2, 0.25) is 0 Å². The van der Waals surface area contributed by atoms with Crippen LogP contribution in [0.4, 0.5) is 0 Å². The van der Waals surface area contributed by atoms with E-state index in [1.165, 1.54) is 13.0 Å². The average molecular weight is 169 g/mol. The number of nitrogens with one attached hydrogen (secondary N) is 1. The molecule has 12 heavy (non-hydrogen) atoms. The zero-order valence-corrected chi connectivity index (χ0v) is 9.15. The summed E-state index contributed by atoms with van der Waals surface area (Å²) in [5, 5.41) is 3.57. The third-order valence-electron chi connectivity index (χ3n) is 3.61. The summed E-state index contributed by atoms with van der Waals surface area (Å²) in [6, 6.07) is 0.752. The molecule has 1 N–H and O–H groups in total. The molecule has 1 saturated heterocycles. The second-order valence-electron chi connectivity index (χ2n) is 5.14. The summed E-state index contributed by atoms with van der Waals surface area (Å²) in [5.41, 5.74) is 0.479. The lowest BCUT2D eigenvalue weighted by Crippen LogP contribution is -2.61. The van der Waals surface area contributed by atoms with Crippen LogP contribution in [0.15, 0.2) is 0 Å². The van der Waals surface area contributed by atoms with Gasteiger partial charge in [-0.1, -0.05) is 34.6 Å². The molecule has 2 unspecified atom stereocenters. The molecule has 1 heterocycles. The fourth-order valence-corrected chi connectivity index (χ4v) is 2.07. The van der Waals surface area contributed by atoms with Gasteiger partial charge in [0.1, 0.15) is 0 Å². The number of hydrogen-bond acceptors (Lipinski definition) is 1. The van der Waals surface area contributed by atoms with Crippen molar-refractivity contribution in [1.82, 2.24) is 5.32 Å². The van der Waals surface area contributed by atoms with Gasteiger partial charge in [-0.2, -0.15) is 0 Å². The number of rotatable bonds is 3. The largest absolute Gasteiger partial charge is 0.313 e. The van der Waals surface area contributed by atoms with Gasteiger partial charge in [0.05, 0.1) is 0 Å². The van der Waals surface area contributed by atoms with Crippen LogP contribution in [0, 0.1) is 17.3 Å². The molecule has 0 aliphatic carbocycles. The fourth-order valence-electron chi connectivity index (χ4n) is 2.07. The third-order valence-corrected chi connectivity index (χ3v) is 3.61. The summed E-state index contributed by atoms with van der Waals surface area (Å²) in [6.45, 7) is 12.9. The van der Waals surface area contributed by atoms with Gasteiger partial charge in [-0.05, 0) is 30.2 Å². The minimum atomic E-state index is 0.479. The van der Waals surface area contributed by atoms with Gasteiger partial charge in [0.15, 0.2) is 0 Å². The lowest BCUT2D eigenvalue weighted by Gasteiger charge is -2.49. The van der Waals surface area contributed by atoms with E-state index >= 15 is 0 Å². The van der Waals surface area contributed by atoms with E-state index in [4.69, 9.17) is 0 Å². The molecule has 0 amide bonds. The first-order chi connectivity index (χ1) is 5.49. The summed E-state index contributed by atoms with van der Waals surface area (Å²) in [7, 11) is 0. The van der Waals surface area contributed by atoms with Crippen molar-refractivity contribution in [1.29, 1.82) is 0 Å². The Morgan fingerprint density at radius 1 is 1.42 bits per heavy atom. The molecular formula is C11H23N. The molecule has 1 aliphatic rings. The highest BCUT2D eigenvalue weighted by Crippen LogP contribution is 2.37. The van der Waals surface area contributed by atoms with Crippen molar-refractivity contribution in [2.75, 3.05) is 6.54 Å². The van der Waals surface area contributed by atoms with Gasteiger partial charge in [0.25, 0.3) is 0 Å². The second kappa shape index (κ2) is 3.37. The van der Waals surface area contributed by atoms with Crippen LogP contribution in [0.3, 0.4) is 0 Å². The molecule has 72 valence electrons. The Balaban J connectivity index is 2.54. The first-order valence-electron chi connectivity index (χ1n) is 5.22. The topological polar surface area (TPSA) is 12.0 Å². The maximum absolute atomic E-state index is 3.57. The Labute approximate surface area is 76.9 Å². The molecule has 0 saturated carbocycles. The Hall–Kier alpha value is -0.0400. The fraction of sp³-hybridized carbons (Fsp3) is 1.00. The first kappa shape index (κ1) is 10.0. The second-order valence-corrected chi connectivity index (χ2v) is 5.14. The van der Waals surface area contributed by atoms with Gasteiger partial charge >= 0.3 is 0 Å². The van der Waals surface area contributed by atoms with E-state index in [0.29, 0.717) is 5.41 Å². The van der Waals surface area contributed by atoms with Crippen molar-refractivity contribution in [3.05, 3.63) is 0 Å². The normalized spacial score (nSPS) is 30.5. The summed E-state index contributed by atoms with van der Waals surface area (Å²) in [5.74, 6) is 1.74. The van der Waals surface area contributed by atoms with Crippen LogP contribution in [0.5, 0.6) is 0 Å². The van der Waals surface area contributed by atoms with Crippen LogP contribution in [-0.4, -0.2) is 12.6 Å². The van der Waals surface area contributed by atoms with E-state index in [0.717, 1.165) is 17.9 Å². The van der Waals surface area contributed by atoms with Gasteiger partial charge in [-0.3, -0.25) is 0 Å². The molecule has 0 spiro atoms. The predicted octanol–water partition coefficient (Wildman–Crippen LogP) is 2.67. The molecule has 1 aliphatic heterocycles. The quantitative estimate of drug-likeness (QED) is 0.685. The van der Waals surface area contributed by atoms with E-state index < -0.39 is 0 Å². The van der Waals surface area contributed by atoms with Crippen molar-refractivity contribution in [2.24, 2.45) is 17.3 Å². The minimum absolute atomic E-state index is 0.479. The van der Waals surface area contributed by atoms with Crippen molar-refractivity contribution < 1.29 is 0 Å². The van der Waals surface area contributed by atoms with Crippen LogP contribution >= 0.6 is 0 Å². The Morgan fingerprint density at radius 3 is 2.25 bits per heavy atom. The summed E-state index contributed by atoms with van der Waals surface area (Å²) in [4.78, 5) is 0. The zero-order chi connectivity index (χ0) is 9.35. The molecule has 0 aromatic heterocycles. The van der Waals surface area contributed by atoms with Crippen LogP contribution < -0.4 is 5.32 Å². The van der Waals surface area contributed by atoms with E-state index in [1.807, 2.05) is 0 Å². The summed E-state index contributed by atoms with van der Waals surface area (Å²) >= 11 is 0. The first-order valence-corrected chi connectivity index (χ1v) is 5.22. The highest BCUT2D eigenvalue weighted by atomic mass is 15.0. The van der Waals surface area contributed by atoms with E-state index in [2.05, 4.69) is 39.9 Å². The van der Waals surface area contributed by atoms with Crippen molar-refractivity contribution in [3.63, 3.8) is 0 Å². The van der Waals surface area contributed by atoms with Gasteiger partial charge < -0.3 is 5.32 Å². The van der Waals surface area contributed by atoms with Crippen molar-refractivity contribution >= 4 is 0 Å². The van der Waals surface area contributed by atoms with Crippen molar-refractivity contribution in [3.8, 4) is 0 Å². The molecule has 1 fully saturated rings. The van der Waals surface area contributed by atoms with Gasteiger partial charge in [0, 0.05) is 6.04 Å². The molecule has 1 heteroatoms. The Bertz CT molecular complexity index is 149.